The third-order valence-electron chi connectivity index (χ3n) is 2.74. The normalized spacial score (nSPS) is 24.7. The van der Waals surface area contributed by atoms with Gasteiger partial charge in [0.2, 0.25) is 0 Å². The van der Waals surface area contributed by atoms with E-state index in [1.807, 2.05) is 6.07 Å². The molecule has 1 aromatic carbocycles. The van der Waals surface area contributed by atoms with Gasteiger partial charge in [0.05, 0.1) is 0 Å². The van der Waals surface area contributed by atoms with Crippen LogP contribution in [0.25, 0.3) is 0 Å². The van der Waals surface area contributed by atoms with Crippen molar-refractivity contribution < 1.29 is 9.90 Å². The van der Waals surface area contributed by atoms with Gasteiger partial charge in [-0.25, -0.2) is 4.79 Å². The standard InChI is InChI=1S/C10H11NO2S/c11-10(9(12)13)4-3-6-5-7(14)1-2-8(6)10/h1-2,5,14H,3-4,11H2,(H,12,13). The van der Waals surface area contributed by atoms with Crippen LogP contribution >= 0.6 is 12.6 Å². The van der Waals surface area contributed by atoms with Crippen molar-refractivity contribution in [2.75, 3.05) is 0 Å². The fourth-order valence-electron chi connectivity index (χ4n) is 1.91. The number of nitrogens with two attached hydrogens (primary N) is 1. The summed E-state index contributed by atoms with van der Waals surface area (Å²) >= 11 is 4.20. The van der Waals surface area contributed by atoms with E-state index in [0.717, 1.165) is 16.0 Å². The summed E-state index contributed by atoms with van der Waals surface area (Å²) in [6, 6.07) is 5.42. The highest BCUT2D eigenvalue weighted by molar-refractivity contribution is 7.80. The van der Waals surface area contributed by atoms with Crippen molar-refractivity contribution >= 4 is 18.6 Å². The first-order valence-electron chi connectivity index (χ1n) is 4.39. The first kappa shape index (κ1) is 9.55. The molecule has 0 fully saturated rings. The number of carboxylic acids is 1. The van der Waals surface area contributed by atoms with Gasteiger partial charge in [0, 0.05) is 4.90 Å². The van der Waals surface area contributed by atoms with Crippen molar-refractivity contribution in [3.63, 3.8) is 0 Å². The third-order valence-corrected chi connectivity index (χ3v) is 3.02. The monoisotopic (exact) mass is 209 g/mol. The maximum Gasteiger partial charge on any atom is 0.328 e. The molecule has 0 heterocycles. The number of carboxylic acid groups (broad SMARTS) is 1. The van der Waals surface area contributed by atoms with Gasteiger partial charge in [-0.15, -0.1) is 12.6 Å². The number of carbonyl (C=O) groups is 1. The third kappa shape index (κ3) is 1.22. The van der Waals surface area contributed by atoms with Crippen LogP contribution in [0.2, 0.25) is 0 Å². The Bertz CT molecular complexity index is 405. The highest BCUT2D eigenvalue weighted by atomic mass is 32.1. The quantitative estimate of drug-likeness (QED) is 0.608. The largest absolute Gasteiger partial charge is 0.480 e. The van der Waals surface area contributed by atoms with Crippen LogP contribution in [0.15, 0.2) is 23.1 Å². The summed E-state index contributed by atoms with van der Waals surface area (Å²) in [6.45, 7) is 0. The number of benzene rings is 1. The summed E-state index contributed by atoms with van der Waals surface area (Å²) < 4.78 is 0. The van der Waals surface area contributed by atoms with Crippen molar-refractivity contribution in [3.8, 4) is 0 Å². The molecular formula is C10H11NO2S. The van der Waals surface area contributed by atoms with Crippen LogP contribution in [0.4, 0.5) is 0 Å². The van der Waals surface area contributed by atoms with E-state index in [0.29, 0.717) is 12.8 Å². The lowest BCUT2D eigenvalue weighted by molar-refractivity contribution is -0.143. The lowest BCUT2D eigenvalue weighted by Crippen LogP contribution is -2.42. The molecule has 1 aromatic rings. The lowest BCUT2D eigenvalue weighted by Gasteiger charge is -2.19. The maximum atomic E-state index is 11.0. The zero-order valence-corrected chi connectivity index (χ0v) is 8.42. The molecule has 14 heavy (non-hydrogen) atoms. The van der Waals surface area contributed by atoms with E-state index < -0.39 is 11.5 Å². The number of aliphatic carboxylic acids is 1. The second kappa shape index (κ2) is 3.00. The first-order chi connectivity index (χ1) is 6.54. The molecule has 0 aromatic heterocycles. The Morgan fingerprint density at radius 3 is 2.93 bits per heavy atom. The van der Waals surface area contributed by atoms with Crippen LogP contribution in [-0.2, 0) is 16.8 Å². The molecule has 1 aliphatic carbocycles. The Balaban J connectivity index is 2.55. The van der Waals surface area contributed by atoms with Gasteiger partial charge in [-0.3, -0.25) is 0 Å². The van der Waals surface area contributed by atoms with Crippen molar-refractivity contribution in [1.82, 2.24) is 0 Å². The highest BCUT2D eigenvalue weighted by Crippen LogP contribution is 2.35. The summed E-state index contributed by atoms with van der Waals surface area (Å²) in [5.41, 5.74) is 6.37. The highest BCUT2D eigenvalue weighted by Gasteiger charge is 2.41. The average Bonchev–Trinajstić information content (AvgIpc) is 2.45. The second-order valence-corrected chi connectivity index (χ2v) is 4.13. The van der Waals surface area contributed by atoms with Gasteiger partial charge in [0.1, 0.15) is 5.54 Å². The van der Waals surface area contributed by atoms with E-state index in [1.54, 1.807) is 12.1 Å². The zero-order valence-electron chi connectivity index (χ0n) is 7.53. The van der Waals surface area contributed by atoms with Gasteiger partial charge in [-0.05, 0) is 36.1 Å². The van der Waals surface area contributed by atoms with Crippen molar-refractivity contribution in [2.24, 2.45) is 5.73 Å². The summed E-state index contributed by atoms with van der Waals surface area (Å²) in [7, 11) is 0. The SMILES string of the molecule is NC1(C(=O)O)CCc2cc(S)ccc21. The Labute approximate surface area is 87.3 Å². The molecule has 1 unspecified atom stereocenters. The fourth-order valence-corrected chi connectivity index (χ4v) is 2.14. The van der Waals surface area contributed by atoms with Gasteiger partial charge in [-0.1, -0.05) is 6.07 Å². The smallest absolute Gasteiger partial charge is 0.328 e. The van der Waals surface area contributed by atoms with E-state index in [4.69, 9.17) is 10.8 Å². The Morgan fingerprint density at radius 1 is 1.57 bits per heavy atom. The number of hydrogen-bond acceptors (Lipinski definition) is 3. The Morgan fingerprint density at radius 2 is 2.29 bits per heavy atom. The molecule has 2 rings (SSSR count). The van der Waals surface area contributed by atoms with E-state index in [9.17, 15) is 4.79 Å². The predicted molar refractivity (Wildman–Crippen MR) is 55.5 cm³/mol. The summed E-state index contributed by atoms with van der Waals surface area (Å²) in [6.07, 6.45) is 1.18. The van der Waals surface area contributed by atoms with E-state index in [-0.39, 0.29) is 0 Å². The molecule has 74 valence electrons. The molecule has 0 bridgehead atoms. The lowest BCUT2D eigenvalue weighted by atomic mass is 9.93. The molecule has 4 heteroatoms. The topological polar surface area (TPSA) is 63.3 Å². The Hall–Kier alpha value is -1.00. The number of aryl methyl sites for hydroxylation is 1. The van der Waals surface area contributed by atoms with Gasteiger partial charge in [-0.2, -0.15) is 0 Å². The molecule has 0 aliphatic heterocycles. The molecule has 3 nitrogen and oxygen atoms in total. The number of hydrogen-bond donors (Lipinski definition) is 3. The molecule has 0 spiro atoms. The van der Waals surface area contributed by atoms with Crippen molar-refractivity contribution in [2.45, 2.75) is 23.3 Å². The van der Waals surface area contributed by atoms with Crippen molar-refractivity contribution in [1.29, 1.82) is 0 Å². The van der Waals surface area contributed by atoms with Gasteiger partial charge < -0.3 is 10.8 Å². The molecule has 0 saturated carbocycles. The fraction of sp³-hybridized carbons (Fsp3) is 0.300. The van der Waals surface area contributed by atoms with Gasteiger partial charge in [0.15, 0.2) is 0 Å². The van der Waals surface area contributed by atoms with Crippen LogP contribution in [-0.4, -0.2) is 11.1 Å². The van der Waals surface area contributed by atoms with Gasteiger partial charge >= 0.3 is 5.97 Å². The summed E-state index contributed by atoms with van der Waals surface area (Å²) in [4.78, 5) is 11.9. The minimum absolute atomic E-state index is 0.467. The zero-order chi connectivity index (χ0) is 10.3. The van der Waals surface area contributed by atoms with E-state index in [1.165, 1.54) is 0 Å². The predicted octanol–water partition coefficient (Wildman–Crippen LogP) is 1.16. The number of fused-ring (bicyclic) bond motifs is 1. The van der Waals surface area contributed by atoms with Crippen LogP contribution in [0.3, 0.4) is 0 Å². The molecule has 0 radical (unpaired) electrons. The van der Waals surface area contributed by atoms with E-state index in [2.05, 4.69) is 12.6 Å². The van der Waals surface area contributed by atoms with Crippen LogP contribution in [0.5, 0.6) is 0 Å². The number of thiol groups is 1. The van der Waals surface area contributed by atoms with E-state index >= 15 is 0 Å². The molecule has 3 N–H and O–H groups in total. The summed E-state index contributed by atoms with van der Waals surface area (Å²) in [5, 5.41) is 9.04. The van der Waals surface area contributed by atoms with Crippen LogP contribution < -0.4 is 5.73 Å². The van der Waals surface area contributed by atoms with Gasteiger partial charge in [0.25, 0.3) is 0 Å². The van der Waals surface area contributed by atoms with Crippen molar-refractivity contribution in [3.05, 3.63) is 29.3 Å². The molecule has 1 aliphatic rings. The first-order valence-corrected chi connectivity index (χ1v) is 4.83. The Kier molecular flexibility index (Phi) is 2.05. The minimum Gasteiger partial charge on any atom is -0.480 e. The minimum atomic E-state index is -1.20. The molecule has 0 saturated heterocycles. The molecule has 1 atom stereocenters. The second-order valence-electron chi connectivity index (χ2n) is 3.62. The average molecular weight is 209 g/mol. The maximum absolute atomic E-state index is 11.0. The molecule has 0 amide bonds. The molecular weight excluding hydrogens is 198 g/mol. The van der Waals surface area contributed by atoms with Crippen LogP contribution in [0.1, 0.15) is 17.5 Å². The number of rotatable bonds is 1. The summed E-state index contributed by atoms with van der Waals surface area (Å²) in [5.74, 6) is -0.955. The van der Waals surface area contributed by atoms with Crippen LogP contribution in [0, 0.1) is 0 Å².